The molecule has 2 aromatic rings. The van der Waals surface area contributed by atoms with Crippen LogP contribution in [0, 0.1) is 5.92 Å². The summed E-state index contributed by atoms with van der Waals surface area (Å²) in [5.74, 6) is 0.436. The average molecular weight is 504 g/mol. The number of nitrogens with zero attached hydrogens (tertiary/aromatic N) is 1. The normalized spacial score (nSPS) is 14.7. The first-order valence-corrected chi connectivity index (χ1v) is 13.5. The number of hydrogen-bond donors (Lipinski definition) is 2. The zero-order valence-corrected chi connectivity index (χ0v) is 21.5. The van der Waals surface area contributed by atoms with Gasteiger partial charge in [-0.1, -0.05) is 45.2 Å². The van der Waals surface area contributed by atoms with Crippen LogP contribution in [0.3, 0.4) is 0 Å². The molecule has 1 aliphatic rings. The van der Waals surface area contributed by atoms with Gasteiger partial charge < -0.3 is 10.1 Å². The zero-order valence-electron chi connectivity index (χ0n) is 19.9. The monoisotopic (exact) mass is 503 g/mol. The van der Waals surface area contributed by atoms with Crippen molar-refractivity contribution in [1.29, 1.82) is 0 Å². The van der Waals surface area contributed by atoms with E-state index >= 15 is 0 Å². The Labute approximate surface area is 207 Å². The largest absolute Gasteiger partial charge is 0.492 e. The molecule has 0 spiro atoms. The minimum atomic E-state index is -3.57. The molecule has 0 bridgehead atoms. The fourth-order valence-corrected chi connectivity index (χ4v) is 5.51. The number of amides is 1. The number of thiocarbonyl (C=S) groups is 1. The molecule has 1 amide bonds. The van der Waals surface area contributed by atoms with Gasteiger partial charge in [0, 0.05) is 18.8 Å². The van der Waals surface area contributed by atoms with Crippen LogP contribution in [-0.2, 0) is 10.0 Å². The molecule has 1 fully saturated rings. The Morgan fingerprint density at radius 3 is 2.38 bits per heavy atom. The van der Waals surface area contributed by atoms with Crippen LogP contribution in [0.15, 0.2) is 53.4 Å². The van der Waals surface area contributed by atoms with E-state index in [0.717, 1.165) is 32.1 Å². The lowest BCUT2D eigenvalue weighted by Crippen LogP contribution is -2.38. The van der Waals surface area contributed by atoms with Crippen molar-refractivity contribution < 1.29 is 17.9 Å². The van der Waals surface area contributed by atoms with Crippen molar-refractivity contribution in [3.05, 3.63) is 54.1 Å². The average Bonchev–Trinajstić information content (AvgIpc) is 2.83. The summed E-state index contributed by atoms with van der Waals surface area (Å²) in [7, 11) is -1.91. The highest BCUT2D eigenvalue weighted by molar-refractivity contribution is 7.89. The molecule has 0 atom stereocenters. The predicted octanol–water partition coefficient (Wildman–Crippen LogP) is 4.80. The molecule has 0 aromatic heterocycles. The Bertz CT molecular complexity index is 1100. The van der Waals surface area contributed by atoms with Crippen molar-refractivity contribution in [3.63, 3.8) is 0 Å². The first-order chi connectivity index (χ1) is 16.2. The smallest absolute Gasteiger partial charge is 0.261 e. The van der Waals surface area contributed by atoms with E-state index in [1.165, 1.54) is 4.31 Å². The number of carbonyl (C=O) groups excluding carboxylic acids is 1. The molecule has 2 N–H and O–H groups in total. The Kier molecular flexibility index (Phi) is 9.04. The van der Waals surface area contributed by atoms with Gasteiger partial charge >= 0.3 is 0 Å². The molecule has 34 heavy (non-hydrogen) atoms. The molecule has 7 nitrogen and oxygen atoms in total. The highest BCUT2D eigenvalue weighted by atomic mass is 32.2. The Balaban J connectivity index is 1.61. The van der Waals surface area contributed by atoms with E-state index in [9.17, 15) is 13.2 Å². The Morgan fingerprint density at radius 1 is 1.09 bits per heavy atom. The van der Waals surface area contributed by atoms with E-state index in [0.29, 0.717) is 29.5 Å². The number of nitrogens with one attached hydrogen (secondary N) is 2. The second-order valence-corrected chi connectivity index (χ2v) is 11.4. The zero-order chi connectivity index (χ0) is 24.7. The van der Waals surface area contributed by atoms with Crippen molar-refractivity contribution >= 4 is 38.9 Å². The Hall–Kier alpha value is -2.49. The van der Waals surface area contributed by atoms with Crippen molar-refractivity contribution in [2.75, 3.05) is 19.0 Å². The van der Waals surface area contributed by atoms with Crippen molar-refractivity contribution in [2.45, 2.75) is 56.9 Å². The van der Waals surface area contributed by atoms with E-state index in [-0.39, 0.29) is 22.0 Å². The van der Waals surface area contributed by atoms with E-state index in [2.05, 4.69) is 10.6 Å². The summed E-state index contributed by atoms with van der Waals surface area (Å²) in [5.41, 5.74) is 0.966. The molecule has 0 unspecified atom stereocenters. The fraction of sp³-hybridized carbons (Fsp3) is 0.440. The van der Waals surface area contributed by atoms with Gasteiger partial charge in [-0.25, -0.2) is 8.42 Å². The van der Waals surface area contributed by atoms with Crippen LogP contribution in [0.5, 0.6) is 5.75 Å². The molecule has 0 heterocycles. The van der Waals surface area contributed by atoms with Crippen LogP contribution in [0.2, 0.25) is 0 Å². The Morgan fingerprint density at radius 2 is 1.74 bits per heavy atom. The number of benzene rings is 2. The maximum Gasteiger partial charge on any atom is 0.261 e. The van der Waals surface area contributed by atoms with Crippen LogP contribution in [0.4, 0.5) is 5.69 Å². The van der Waals surface area contributed by atoms with Gasteiger partial charge in [0.15, 0.2) is 5.11 Å². The van der Waals surface area contributed by atoms with Gasteiger partial charge in [-0.2, -0.15) is 4.31 Å². The molecule has 9 heteroatoms. The van der Waals surface area contributed by atoms with Gasteiger partial charge in [-0.05, 0) is 67.4 Å². The van der Waals surface area contributed by atoms with Crippen LogP contribution < -0.4 is 15.4 Å². The lowest BCUT2D eigenvalue weighted by Gasteiger charge is -2.30. The lowest BCUT2D eigenvalue weighted by atomic mass is 9.96. The molecule has 184 valence electrons. The minimum absolute atomic E-state index is 0.0479. The minimum Gasteiger partial charge on any atom is -0.492 e. The van der Waals surface area contributed by atoms with Gasteiger partial charge in [0.05, 0.1) is 17.1 Å². The highest BCUT2D eigenvalue weighted by Crippen LogP contribution is 2.27. The molecular weight excluding hydrogens is 470 g/mol. The number of para-hydroxylation sites is 1. The van der Waals surface area contributed by atoms with Crippen LogP contribution in [0.1, 0.15) is 56.3 Å². The number of carbonyl (C=O) groups is 1. The first kappa shape index (κ1) is 26.1. The molecule has 3 rings (SSSR count). The molecule has 1 aliphatic carbocycles. The molecule has 0 saturated heterocycles. The second kappa shape index (κ2) is 11.8. The molecule has 2 aromatic carbocycles. The quantitative estimate of drug-likeness (QED) is 0.503. The fourth-order valence-electron chi connectivity index (χ4n) is 3.89. The van der Waals surface area contributed by atoms with Gasteiger partial charge in [0.1, 0.15) is 5.75 Å². The van der Waals surface area contributed by atoms with Gasteiger partial charge in [-0.15, -0.1) is 0 Å². The van der Waals surface area contributed by atoms with E-state index in [1.807, 2.05) is 19.9 Å². The summed E-state index contributed by atoms with van der Waals surface area (Å²) < 4.78 is 33.3. The van der Waals surface area contributed by atoms with Crippen molar-refractivity contribution in [3.8, 4) is 5.75 Å². The molecule has 1 saturated carbocycles. The van der Waals surface area contributed by atoms with E-state index < -0.39 is 10.0 Å². The first-order valence-electron chi connectivity index (χ1n) is 11.6. The van der Waals surface area contributed by atoms with Gasteiger partial charge in [-0.3, -0.25) is 10.1 Å². The summed E-state index contributed by atoms with van der Waals surface area (Å²) in [6.07, 6.45) is 5.08. The lowest BCUT2D eigenvalue weighted by molar-refractivity contribution is 0.0973. The van der Waals surface area contributed by atoms with E-state index in [4.69, 9.17) is 17.0 Å². The molecule has 0 aliphatic heterocycles. The number of ether oxygens (including phenoxy) is 1. The topological polar surface area (TPSA) is 87.7 Å². The SMILES string of the molecule is CC(C)COc1ccccc1C(=O)NC(=S)Nc1ccc(S(=O)(=O)N(C)C2CCCCC2)cc1. The standard InChI is InChI=1S/C25H33N3O4S2/c1-18(2)17-32-23-12-8-7-11-22(23)24(29)27-25(33)26-19-13-15-21(16-14-19)34(30,31)28(3)20-9-5-4-6-10-20/h7-8,11-16,18,20H,4-6,9-10,17H2,1-3H3,(H2,26,27,29,33). The third kappa shape index (κ3) is 6.77. The summed E-state index contributed by atoms with van der Waals surface area (Å²) in [5, 5.41) is 5.70. The van der Waals surface area contributed by atoms with Crippen LogP contribution in [0.25, 0.3) is 0 Å². The van der Waals surface area contributed by atoms with Crippen molar-refractivity contribution in [1.82, 2.24) is 9.62 Å². The summed E-state index contributed by atoms with van der Waals surface area (Å²) >= 11 is 5.28. The summed E-state index contributed by atoms with van der Waals surface area (Å²) in [6, 6.07) is 13.4. The van der Waals surface area contributed by atoms with Crippen LogP contribution in [-0.4, -0.2) is 43.4 Å². The third-order valence-corrected chi connectivity index (χ3v) is 7.94. The number of rotatable bonds is 8. The van der Waals surface area contributed by atoms with Gasteiger partial charge in [0.25, 0.3) is 5.91 Å². The van der Waals surface area contributed by atoms with Crippen molar-refractivity contribution in [2.24, 2.45) is 5.92 Å². The highest BCUT2D eigenvalue weighted by Gasteiger charge is 2.29. The third-order valence-electron chi connectivity index (χ3n) is 5.81. The predicted molar refractivity (Wildman–Crippen MR) is 139 cm³/mol. The number of hydrogen-bond acceptors (Lipinski definition) is 5. The maximum absolute atomic E-state index is 13.0. The molecular formula is C25H33N3O4S2. The second-order valence-electron chi connectivity index (χ2n) is 8.95. The summed E-state index contributed by atoms with van der Waals surface area (Å²) in [6.45, 7) is 4.57. The van der Waals surface area contributed by atoms with Crippen LogP contribution >= 0.6 is 12.2 Å². The molecule has 0 radical (unpaired) electrons. The van der Waals surface area contributed by atoms with Gasteiger partial charge in [0.2, 0.25) is 10.0 Å². The summed E-state index contributed by atoms with van der Waals surface area (Å²) in [4.78, 5) is 13.0. The van der Waals surface area contributed by atoms with E-state index in [1.54, 1.807) is 49.5 Å². The number of sulfonamides is 1. The number of anilines is 1. The maximum atomic E-state index is 13.0.